The molecule has 28 heavy (non-hydrogen) atoms. The van der Waals surface area contributed by atoms with Crippen LogP contribution in [0.3, 0.4) is 0 Å². The van der Waals surface area contributed by atoms with Crippen LogP contribution < -0.4 is 16.4 Å². The van der Waals surface area contributed by atoms with Crippen molar-refractivity contribution < 1.29 is 13.5 Å². The van der Waals surface area contributed by atoms with Crippen molar-refractivity contribution >= 4 is 17.5 Å². The van der Waals surface area contributed by atoms with Gasteiger partial charge >= 0.3 is 0 Å². The zero-order valence-corrected chi connectivity index (χ0v) is 15.9. The lowest BCUT2D eigenvalue weighted by Gasteiger charge is -2.27. The quantitative estimate of drug-likeness (QED) is 0.719. The van der Waals surface area contributed by atoms with Crippen molar-refractivity contribution in [2.45, 2.75) is 32.4 Å². The molecule has 0 aliphatic carbocycles. The summed E-state index contributed by atoms with van der Waals surface area (Å²) in [6.07, 6.45) is 2.08. The molecular weight excluding hydrogens is 366 g/mol. The van der Waals surface area contributed by atoms with Crippen LogP contribution in [0.15, 0.2) is 52.5 Å². The second-order valence-electron chi connectivity index (χ2n) is 6.81. The molecule has 7 nitrogen and oxygen atoms in total. The number of aliphatic imine (C=N–C) groups is 2. The zero-order chi connectivity index (χ0) is 20.3. The monoisotopic (exact) mass is 390 g/mol. The standard InChI is InChI=1S/C19H24F2N6O/c1-11(2)23-12(3)24-18-17(9-22)26-19(27(18)14-6-7-28-10-14)25-16-5-4-13(20)8-15(16)21/h4-5,8-9,11,14,23H,3,6-7,10,22H2,1-2H3,(H,25,26)/b17-9+,24-18+/t14-/m0/s1. The normalized spacial score (nSPS) is 22.2. The molecule has 1 atom stereocenters. The van der Waals surface area contributed by atoms with E-state index in [2.05, 4.69) is 27.2 Å². The van der Waals surface area contributed by atoms with Gasteiger partial charge in [-0.25, -0.2) is 18.8 Å². The number of nitrogens with two attached hydrogens (primary N) is 1. The van der Waals surface area contributed by atoms with E-state index in [4.69, 9.17) is 10.5 Å². The molecule has 0 bridgehead atoms. The van der Waals surface area contributed by atoms with Crippen molar-refractivity contribution in [2.75, 3.05) is 18.5 Å². The molecule has 3 rings (SSSR count). The molecular formula is C19H24F2N6O. The minimum atomic E-state index is -0.722. The number of hydrogen-bond acceptors (Lipinski definition) is 6. The Hall–Kier alpha value is -2.94. The largest absolute Gasteiger partial charge is 0.403 e. The van der Waals surface area contributed by atoms with Crippen molar-refractivity contribution in [1.29, 1.82) is 0 Å². The topological polar surface area (TPSA) is 87.3 Å². The summed E-state index contributed by atoms with van der Waals surface area (Å²) in [7, 11) is 0. The van der Waals surface area contributed by atoms with Crippen molar-refractivity contribution in [2.24, 2.45) is 15.7 Å². The lowest BCUT2D eigenvalue weighted by molar-refractivity contribution is 0.184. The van der Waals surface area contributed by atoms with Gasteiger partial charge in [-0.15, -0.1) is 0 Å². The Morgan fingerprint density at radius 3 is 2.86 bits per heavy atom. The van der Waals surface area contributed by atoms with E-state index in [-0.39, 0.29) is 17.8 Å². The molecule has 0 unspecified atom stereocenters. The van der Waals surface area contributed by atoms with E-state index in [1.54, 1.807) is 0 Å². The third-order valence-corrected chi connectivity index (χ3v) is 4.21. The molecule has 0 aromatic heterocycles. The van der Waals surface area contributed by atoms with Crippen LogP contribution in [0.2, 0.25) is 0 Å². The molecule has 1 aromatic carbocycles. The van der Waals surface area contributed by atoms with E-state index >= 15 is 0 Å². The van der Waals surface area contributed by atoms with Gasteiger partial charge in [0.15, 0.2) is 5.84 Å². The molecule has 0 radical (unpaired) electrons. The molecule has 0 saturated carbocycles. The average molecular weight is 390 g/mol. The summed E-state index contributed by atoms with van der Waals surface area (Å²) in [6, 6.07) is 3.39. The third-order valence-electron chi connectivity index (χ3n) is 4.21. The molecule has 9 heteroatoms. The first-order chi connectivity index (χ1) is 13.4. The first kappa shape index (κ1) is 19.8. The van der Waals surface area contributed by atoms with Gasteiger partial charge in [-0.3, -0.25) is 4.90 Å². The van der Waals surface area contributed by atoms with Crippen molar-refractivity contribution in [3.05, 3.63) is 54.1 Å². The fourth-order valence-corrected chi connectivity index (χ4v) is 3.03. The Morgan fingerprint density at radius 1 is 1.46 bits per heavy atom. The Labute approximate surface area is 162 Å². The van der Waals surface area contributed by atoms with Crippen LogP contribution in [0.5, 0.6) is 0 Å². The number of ether oxygens (including phenoxy) is 1. The molecule has 4 N–H and O–H groups in total. The molecule has 0 amide bonds. The summed E-state index contributed by atoms with van der Waals surface area (Å²) < 4.78 is 32.9. The van der Waals surface area contributed by atoms with E-state index in [0.29, 0.717) is 36.5 Å². The Kier molecular flexibility index (Phi) is 5.93. The predicted molar refractivity (Wildman–Crippen MR) is 106 cm³/mol. The zero-order valence-electron chi connectivity index (χ0n) is 15.9. The van der Waals surface area contributed by atoms with Crippen LogP contribution in [0.4, 0.5) is 14.5 Å². The number of hydrogen-bond donors (Lipinski definition) is 3. The average Bonchev–Trinajstić information content (AvgIpc) is 3.24. The SMILES string of the molecule is C=C(/N=C1\C(=C/N)N=C(Nc2ccc(F)cc2F)N1[C@H]1CCOC1)NC(C)C. The second kappa shape index (κ2) is 8.39. The highest BCUT2D eigenvalue weighted by molar-refractivity contribution is 6.18. The van der Waals surface area contributed by atoms with Crippen LogP contribution >= 0.6 is 0 Å². The van der Waals surface area contributed by atoms with Gasteiger partial charge in [0.1, 0.15) is 23.2 Å². The van der Waals surface area contributed by atoms with Gasteiger partial charge in [-0.1, -0.05) is 6.58 Å². The number of nitrogens with one attached hydrogen (secondary N) is 2. The van der Waals surface area contributed by atoms with E-state index in [0.717, 1.165) is 12.5 Å². The first-order valence-corrected chi connectivity index (χ1v) is 9.03. The molecule has 2 aliphatic rings. The number of halogens is 2. The van der Waals surface area contributed by atoms with Gasteiger partial charge < -0.3 is 21.1 Å². The molecule has 1 saturated heterocycles. The van der Waals surface area contributed by atoms with Gasteiger partial charge in [0.05, 0.1) is 18.3 Å². The Balaban J connectivity index is 1.95. The van der Waals surface area contributed by atoms with Gasteiger partial charge in [-0.2, -0.15) is 0 Å². The number of rotatable bonds is 5. The smallest absolute Gasteiger partial charge is 0.210 e. The molecule has 150 valence electrons. The maximum Gasteiger partial charge on any atom is 0.210 e. The minimum absolute atomic E-state index is 0.0576. The Bertz CT molecular complexity index is 843. The van der Waals surface area contributed by atoms with E-state index in [1.165, 1.54) is 18.3 Å². The molecule has 2 heterocycles. The van der Waals surface area contributed by atoms with Crippen molar-refractivity contribution in [1.82, 2.24) is 10.2 Å². The van der Waals surface area contributed by atoms with Crippen LogP contribution in [-0.4, -0.2) is 42.0 Å². The number of benzene rings is 1. The third kappa shape index (κ3) is 4.30. The van der Waals surface area contributed by atoms with Gasteiger partial charge in [0, 0.05) is 24.9 Å². The summed E-state index contributed by atoms with van der Waals surface area (Å²) in [5.74, 6) is -0.0918. The molecule has 1 fully saturated rings. The van der Waals surface area contributed by atoms with E-state index in [9.17, 15) is 8.78 Å². The highest BCUT2D eigenvalue weighted by Crippen LogP contribution is 2.26. The fourth-order valence-electron chi connectivity index (χ4n) is 3.03. The highest BCUT2D eigenvalue weighted by Gasteiger charge is 2.36. The number of guanidine groups is 1. The lowest BCUT2D eigenvalue weighted by Crippen LogP contribution is -2.45. The predicted octanol–water partition coefficient (Wildman–Crippen LogP) is 2.51. The molecule has 1 aromatic rings. The number of nitrogens with zero attached hydrogens (tertiary/aromatic N) is 3. The minimum Gasteiger partial charge on any atom is -0.403 e. The molecule has 0 spiro atoms. The van der Waals surface area contributed by atoms with E-state index < -0.39 is 11.6 Å². The van der Waals surface area contributed by atoms with E-state index in [1.807, 2.05) is 18.7 Å². The second-order valence-corrected chi connectivity index (χ2v) is 6.81. The number of anilines is 1. The van der Waals surface area contributed by atoms with Gasteiger partial charge in [0.2, 0.25) is 5.96 Å². The lowest BCUT2D eigenvalue weighted by atomic mass is 10.2. The molecule has 2 aliphatic heterocycles. The van der Waals surface area contributed by atoms with Crippen LogP contribution in [-0.2, 0) is 4.74 Å². The summed E-state index contributed by atoms with van der Waals surface area (Å²) in [6.45, 7) is 8.94. The maximum atomic E-state index is 14.1. The summed E-state index contributed by atoms with van der Waals surface area (Å²) in [5.41, 5.74) is 6.28. The van der Waals surface area contributed by atoms with Crippen LogP contribution in [0.1, 0.15) is 20.3 Å². The summed E-state index contributed by atoms with van der Waals surface area (Å²) in [5, 5.41) is 6.05. The van der Waals surface area contributed by atoms with Gasteiger partial charge in [-0.05, 0) is 32.4 Å². The van der Waals surface area contributed by atoms with Gasteiger partial charge in [0.25, 0.3) is 0 Å². The summed E-state index contributed by atoms with van der Waals surface area (Å²) >= 11 is 0. The first-order valence-electron chi connectivity index (χ1n) is 9.03. The van der Waals surface area contributed by atoms with Crippen molar-refractivity contribution in [3.63, 3.8) is 0 Å². The Morgan fingerprint density at radius 2 is 2.25 bits per heavy atom. The number of amidine groups is 1. The maximum absolute atomic E-state index is 14.1. The summed E-state index contributed by atoms with van der Waals surface area (Å²) in [4.78, 5) is 10.8. The fraction of sp³-hybridized carbons (Fsp3) is 0.368. The van der Waals surface area contributed by atoms with Crippen molar-refractivity contribution in [3.8, 4) is 0 Å². The van der Waals surface area contributed by atoms with Crippen LogP contribution in [0.25, 0.3) is 0 Å². The van der Waals surface area contributed by atoms with Crippen LogP contribution in [0, 0.1) is 11.6 Å². The highest BCUT2D eigenvalue weighted by atomic mass is 19.1.